The second kappa shape index (κ2) is 8.58. The van der Waals surface area contributed by atoms with Crippen molar-refractivity contribution in [3.05, 3.63) is 84.4 Å². The fraction of sp³-hybridized carbons (Fsp3) is 0.0952. The summed E-state index contributed by atoms with van der Waals surface area (Å²) in [6.45, 7) is 0. The fourth-order valence-corrected chi connectivity index (χ4v) is 3.69. The SMILES string of the molecule is O=C(c1ccccc1)N1c2ccccc2Sc2ccccc21.[CH3][Sn][CH3]. The van der Waals surface area contributed by atoms with Crippen molar-refractivity contribution in [1.29, 1.82) is 0 Å². The van der Waals surface area contributed by atoms with Crippen molar-refractivity contribution in [3.63, 3.8) is 0 Å². The molecule has 1 aliphatic heterocycles. The summed E-state index contributed by atoms with van der Waals surface area (Å²) in [5.74, 6) is 0.000741. The molecule has 25 heavy (non-hydrogen) atoms. The number of hydrogen-bond donors (Lipinski definition) is 0. The molecule has 2 nitrogen and oxygen atoms in total. The van der Waals surface area contributed by atoms with E-state index in [0.29, 0.717) is 5.56 Å². The molecular weight excluding hydrogens is 433 g/mol. The summed E-state index contributed by atoms with van der Waals surface area (Å²) in [5.41, 5.74) is 2.58. The minimum atomic E-state index is 0.000741. The third-order valence-electron chi connectivity index (χ3n) is 3.66. The number of rotatable bonds is 1. The van der Waals surface area contributed by atoms with Crippen molar-refractivity contribution in [1.82, 2.24) is 0 Å². The van der Waals surface area contributed by atoms with Gasteiger partial charge < -0.3 is 0 Å². The Balaban J connectivity index is 0.000000569. The molecule has 0 bridgehead atoms. The van der Waals surface area contributed by atoms with Gasteiger partial charge in [0.1, 0.15) is 0 Å². The fourth-order valence-electron chi connectivity index (χ4n) is 2.63. The molecule has 1 heterocycles. The monoisotopic (exact) mass is 453 g/mol. The minimum absolute atomic E-state index is 0.000741. The Kier molecular flexibility index (Phi) is 6.21. The molecule has 0 atom stereocenters. The topological polar surface area (TPSA) is 20.3 Å². The maximum absolute atomic E-state index is 13.0. The quantitative estimate of drug-likeness (QED) is 0.428. The van der Waals surface area contributed by atoms with Gasteiger partial charge in [-0.05, 0) is 36.4 Å². The van der Waals surface area contributed by atoms with Crippen LogP contribution < -0.4 is 4.90 Å². The number of carbonyl (C=O) groups excluding carboxylic acids is 1. The molecule has 4 rings (SSSR count). The summed E-state index contributed by atoms with van der Waals surface area (Å²) in [7, 11) is 0. The van der Waals surface area contributed by atoms with E-state index in [1.165, 1.54) is 0 Å². The van der Waals surface area contributed by atoms with Crippen LogP contribution in [0.3, 0.4) is 0 Å². The van der Waals surface area contributed by atoms with Crippen molar-refractivity contribution < 1.29 is 4.79 Å². The number of para-hydroxylation sites is 2. The number of amides is 1. The van der Waals surface area contributed by atoms with Crippen molar-refractivity contribution in [2.45, 2.75) is 19.7 Å². The molecule has 0 aliphatic carbocycles. The van der Waals surface area contributed by atoms with Crippen LogP contribution in [0.15, 0.2) is 88.7 Å². The van der Waals surface area contributed by atoms with Gasteiger partial charge in [-0.1, -0.05) is 54.2 Å². The van der Waals surface area contributed by atoms with Gasteiger partial charge in [-0.15, -0.1) is 0 Å². The van der Waals surface area contributed by atoms with Crippen LogP contribution in [0.2, 0.25) is 9.88 Å². The summed E-state index contributed by atoms with van der Waals surface area (Å²) in [6, 6.07) is 25.5. The van der Waals surface area contributed by atoms with Crippen LogP contribution in [0.1, 0.15) is 10.4 Å². The van der Waals surface area contributed by atoms with Crippen LogP contribution in [0, 0.1) is 0 Å². The van der Waals surface area contributed by atoms with E-state index in [1.54, 1.807) is 11.8 Å². The molecule has 0 aromatic heterocycles. The van der Waals surface area contributed by atoms with Crippen molar-refractivity contribution in [3.8, 4) is 0 Å². The van der Waals surface area contributed by atoms with Crippen LogP contribution in [0.5, 0.6) is 0 Å². The Bertz CT molecular complexity index is 821. The van der Waals surface area contributed by atoms with Crippen LogP contribution >= 0.6 is 11.8 Å². The van der Waals surface area contributed by atoms with E-state index in [9.17, 15) is 4.79 Å². The van der Waals surface area contributed by atoms with E-state index in [4.69, 9.17) is 0 Å². The second-order valence-corrected chi connectivity index (χ2v) is 9.48. The van der Waals surface area contributed by atoms with Crippen LogP contribution in [0.4, 0.5) is 11.4 Å². The Hall–Kier alpha value is -1.72. The molecule has 1 aliphatic rings. The predicted octanol–water partition coefficient (Wildman–Crippen LogP) is 5.92. The average Bonchev–Trinajstić information content (AvgIpc) is 2.67. The first-order chi connectivity index (χ1) is 12.3. The van der Waals surface area contributed by atoms with Gasteiger partial charge in [0.15, 0.2) is 0 Å². The third kappa shape index (κ3) is 3.93. The third-order valence-corrected chi connectivity index (χ3v) is 4.79. The first-order valence-electron chi connectivity index (χ1n) is 8.10. The summed E-state index contributed by atoms with van der Waals surface area (Å²) in [4.78, 5) is 21.7. The zero-order valence-electron chi connectivity index (χ0n) is 14.3. The standard InChI is InChI=1S/C19H13NOS.2CH3.Sn/c21-19(14-8-2-1-3-9-14)20-15-10-4-6-12-17(15)22-18-13-7-5-11-16(18)20;;;/h1-13H;2*1H3;. The molecule has 0 saturated heterocycles. The zero-order chi connectivity index (χ0) is 17.6. The molecule has 1 amide bonds. The molecular formula is C21H19NOSSn. The molecule has 0 saturated carbocycles. The van der Waals surface area contributed by atoms with E-state index in [1.807, 2.05) is 71.6 Å². The first kappa shape index (κ1) is 18.1. The Morgan fingerprint density at radius 2 is 1.20 bits per heavy atom. The van der Waals surface area contributed by atoms with E-state index in [2.05, 4.69) is 22.0 Å². The van der Waals surface area contributed by atoms with Gasteiger partial charge in [-0.25, -0.2) is 0 Å². The number of anilines is 2. The molecule has 3 aromatic carbocycles. The Labute approximate surface area is 163 Å². The Morgan fingerprint density at radius 1 is 0.760 bits per heavy atom. The van der Waals surface area contributed by atoms with Gasteiger partial charge >= 0.3 is 31.0 Å². The van der Waals surface area contributed by atoms with E-state index in [-0.39, 0.29) is 27.0 Å². The van der Waals surface area contributed by atoms with Crippen molar-refractivity contribution >= 4 is 50.2 Å². The van der Waals surface area contributed by atoms with Gasteiger partial charge in [-0.2, -0.15) is 0 Å². The van der Waals surface area contributed by atoms with Crippen molar-refractivity contribution in [2.24, 2.45) is 0 Å². The number of carbonyl (C=O) groups is 1. The predicted molar refractivity (Wildman–Crippen MR) is 107 cm³/mol. The molecule has 124 valence electrons. The molecule has 0 fully saturated rings. The number of hydrogen-bond acceptors (Lipinski definition) is 2. The molecule has 3 aromatic rings. The van der Waals surface area contributed by atoms with E-state index in [0.717, 1.165) is 21.2 Å². The van der Waals surface area contributed by atoms with E-state index < -0.39 is 0 Å². The summed E-state index contributed by atoms with van der Waals surface area (Å²) < 4.78 is 0. The Morgan fingerprint density at radius 3 is 1.72 bits per heavy atom. The molecule has 0 N–H and O–H groups in total. The zero-order valence-corrected chi connectivity index (χ0v) is 17.9. The maximum atomic E-state index is 13.0. The summed E-state index contributed by atoms with van der Waals surface area (Å²) >= 11 is 1.93. The molecule has 0 unspecified atom stereocenters. The molecule has 4 heteroatoms. The van der Waals surface area contributed by atoms with Gasteiger partial charge in [0.05, 0.1) is 11.4 Å². The molecule has 2 radical (unpaired) electrons. The van der Waals surface area contributed by atoms with E-state index >= 15 is 0 Å². The number of nitrogens with zero attached hydrogens (tertiary/aromatic N) is 1. The summed E-state index contributed by atoms with van der Waals surface area (Å²) in [5, 5.41) is 0. The first-order valence-corrected chi connectivity index (χ1v) is 14.6. The van der Waals surface area contributed by atoms with Gasteiger partial charge in [0.25, 0.3) is 5.91 Å². The number of benzene rings is 3. The average molecular weight is 452 g/mol. The normalized spacial score (nSPS) is 11.7. The second-order valence-electron chi connectivity index (χ2n) is 5.54. The summed E-state index contributed by atoms with van der Waals surface area (Å²) in [6.07, 6.45) is 0. The number of fused-ring (bicyclic) bond motifs is 2. The van der Waals surface area contributed by atoms with Gasteiger partial charge in [-0.3, -0.25) is 9.69 Å². The van der Waals surface area contributed by atoms with Gasteiger partial charge in [0.2, 0.25) is 0 Å². The van der Waals surface area contributed by atoms with Crippen LogP contribution in [-0.4, -0.2) is 27.0 Å². The van der Waals surface area contributed by atoms with Crippen LogP contribution in [-0.2, 0) is 0 Å². The van der Waals surface area contributed by atoms with Gasteiger partial charge in [0, 0.05) is 15.4 Å². The van der Waals surface area contributed by atoms with Crippen LogP contribution in [0.25, 0.3) is 0 Å². The molecule has 0 spiro atoms. The van der Waals surface area contributed by atoms with Crippen molar-refractivity contribution in [2.75, 3.05) is 4.90 Å².